The molecule has 1 saturated heterocycles. The van der Waals surface area contributed by atoms with E-state index in [0.29, 0.717) is 19.0 Å². The van der Waals surface area contributed by atoms with E-state index in [1.807, 2.05) is 30.0 Å². The molecule has 4 nitrogen and oxygen atoms in total. The van der Waals surface area contributed by atoms with Crippen LogP contribution in [-0.2, 0) is 11.2 Å². The van der Waals surface area contributed by atoms with E-state index < -0.39 is 0 Å². The summed E-state index contributed by atoms with van der Waals surface area (Å²) in [7, 11) is 0. The number of carbonyl (C=O) groups excluding carboxylic acids is 1. The first-order valence-electron chi connectivity index (χ1n) is 9.11. The number of nitrogens with zero attached hydrogens (tertiary/aromatic N) is 2. The highest BCUT2D eigenvalue weighted by Crippen LogP contribution is 2.40. The van der Waals surface area contributed by atoms with Crippen LogP contribution in [0.1, 0.15) is 51.8 Å². The Bertz CT molecular complexity index is 754. The molecule has 1 aliphatic heterocycles. The van der Waals surface area contributed by atoms with Crippen LogP contribution < -0.4 is 0 Å². The van der Waals surface area contributed by atoms with Gasteiger partial charge in [-0.1, -0.05) is 37.3 Å². The van der Waals surface area contributed by atoms with E-state index in [-0.39, 0.29) is 18.1 Å². The number of rotatable bonds is 4. The Labute approximate surface area is 152 Å². The van der Waals surface area contributed by atoms with E-state index in [2.05, 4.69) is 24.0 Å². The van der Waals surface area contributed by atoms with Crippen LogP contribution in [0.2, 0.25) is 0 Å². The number of hydrogen-bond acceptors (Lipinski definition) is 4. The van der Waals surface area contributed by atoms with Crippen LogP contribution in [0.3, 0.4) is 0 Å². The number of amides is 1. The third-order valence-corrected chi connectivity index (χ3v) is 6.36. The molecule has 1 aromatic heterocycles. The predicted molar refractivity (Wildman–Crippen MR) is 98.9 cm³/mol. The third kappa shape index (κ3) is 3.48. The fourth-order valence-electron chi connectivity index (χ4n) is 3.48. The van der Waals surface area contributed by atoms with E-state index in [4.69, 9.17) is 4.74 Å². The highest BCUT2D eigenvalue weighted by atomic mass is 32.1. The second-order valence-electron chi connectivity index (χ2n) is 7.00. The summed E-state index contributed by atoms with van der Waals surface area (Å²) in [5.41, 5.74) is 2.01. The maximum atomic E-state index is 13.2. The Morgan fingerprint density at radius 2 is 2.04 bits per heavy atom. The van der Waals surface area contributed by atoms with Crippen LogP contribution in [0.4, 0.5) is 0 Å². The summed E-state index contributed by atoms with van der Waals surface area (Å²) in [6, 6.07) is 10.3. The average molecular weight is 356 g/mol. The molecule has 2 fully saturated rings. The number of aryl methyl sites for hydroxylation is 2. The van der Waals surface area contributed by atoms with E-state index in [9.17, 15) is 4.79 Å². The Morgan fingerprint density at radius 1 is 1.28 bits per heavy atom. The SMILES string of the molecule is CCc1nc(C)c(C(=O)N2C[C@@H](c3ccccc3)O[C@@H](C3CC3)C2)s1. The van der Waals surface area contributed by atoms with Gasteiger partial charge in [-0.05, 0) is 37.7 Å². The normalized spacial score (nSPS) is 23.7. The number of thiazole rings is 1. The van der Waals surface area contributed by atoms with Crippen LogP contribution in [0.15, 0.2) is 30.3 Å². The molecule has 0 unspecified atom stereocenters. The van der Waals surface area contributed by atoms with Gasteiger partial charge in [-0.3, -0.25) is 4.79 Å². The predicted octanol–water partition coefficient (Wildman–Crippen LogP) is 4.01. The van der Waals surface area contributed by atoms with Crippen molar-refractivity contribution in [1.82, 2.24) is 9.88 Å². The number of carbonyl (C=O) groups is 1. The molecular weight excluding hydrogens is 332 g/mol. The molecule has 2 aliphatic rings. The largest absolute Gasteiger partial charge is 0.366 e. The Balaban J connectivity index is 1.58. The molecule has 2 aromatic rings. The summed E-state index contributed by atoms with van der Waals surface area (Å²) >= 11 is 1.54. The van der Waals surface area contributed by atoms with E-state index >= 15 is 0 Å². The molecule has 2 heterocycles. The van der Waals surface area contributed by atoms with Gasteiger partial charge in [0, 0.05) is 6.54 Å². The van der Waals surface area contributed by atoms with Crippen molar-refractivity contribution in [2.75, 3.05) is 13.1 Å². The van der Waals surface area contributed by atoms with Crippen molar-refractivity contribution in [1.29, 1.82) is 0 Å². The van der Waals surface area contributed by atoms with Crippen molar-refractivity contribution in [3.63, 3.8) is 0 Å². The van der Waals surface area contributed by atoms with Gasteiger partial charge in [0.15, 0.2) is 0 Å². The molecule has 0 radical (unpaired) electrons. The average Bonchev–Trinajstić information content (AvgIpc) is 3.44. The van der Waals surface area contributed by atoms with Crippen molar-refractivity contribution < 1.29 is 9.53 Å². The lowest BCUT2D eigenvalue weighted by Gasteiger charge is -2.38. The molecule has 5 heteroatoms. The lowest BCUT2D eigenvalue weighted by molar-refractivity contribution is -0.0863. The molecule has 2 atom stereocenters. The summed E-state index contributed by atoms with van der Waals surface area (Å²) in [5.74, 6) is 0.722. The van der Waals surface area contributed by atoms with Crippen molar-refractivity contribution >= 4 is 17.2 Å². The quantitative estimate of drug-likeness (QED) is 0.831. The van der Waals surface area contributed by atoms with Crippen LogP contribution >= 0.6 is 11.3 Å². The van der Waals surface area contributed by atoms with Gasteiger partial charge in [0.2, 0.25) is 0 Å². The first kappa shape index (κ1) is 16.7. The van der Waals surface area contributed by atoms with Crippen LogP contribution in [0.5, 0.6) is 0 Å². The minimum absolute atomic E-state index is 0.0385. The zero-order valence-electron chi connectivity index (χ0n) is 14.8. The van der Waals surface area contributed by atoms with Gasteiger partial charge in [-0.15, -0.1) is 11.3 Å². The second-order valence-corrected chi connectivity index (χ2v) is 8.08. The fraction of sp³-hybridized carbons (Fsp3) is 0.500. The molecule has 132 valence electrons. The Kier molecular flexibility index (Phi) is 4.61. The molecule has 0 bridgehead atoms. The molecule has 1 aliphatic carbocycles. The van der Waals surface area contributed by atoms with E-state index in [1.54, 1.807) is 11.3 Å². The van der Waals surface area contributed by atoms with E-state index in [1.165, 1.54) is 12.8 Å². The number of benzene rings is 1. The van der Waals surface area contributed by atoms with Crippen molar-refractivity contribution in [2.24, 2.45) is 5.92 Å². The molecule has 0 N–H and O–H groups in total. The van der Waals surface area contributed by atoms with Crippen LogP contribution in [0, 0.1) is 12.8 Å². The smallest absolute Gasteiger partial charge is 0.266 e. The highest BCUT2D eigenvalue weighted by Gasteiger charge is 2.40. The molecule has 0 spiro atoms. The lowest BCUT2D eigenvalue weighted by Crippen LogP contribution is -2.47. The molecule has 1 saturated carbocycles. The number of ether oxygens (including phenoxy) is 1. The van der Waals surface area contributed by atoms with Gasteiger partial charge in [-0.25, -0.2) is 4.98 Å². The van der Waals surface area contributed by atoms with Gasteiger partial charge < -0.3 is 9.64 Å². The number of morpholine rings is 1. The minimum atomic E-state index is -0.0385. The second kappa shape index (κ2) is 6.89. The maximum Gasteiger partial charge on any atom is 0.266 e. The summed E-state index contributed by atoms with van der Waals surface area (Å²) in [6.45, 7) is 5.34. The van der Waals surface area contributed by atoms with Gasteiger partial charge in [0.1, 0.15) is 11.0 Å². The summed E-state index contributed by atoms with van der Waals surface area (Å²) in [4.78, 5) is 20.5. The monoisotopic (exact) mass is 356 g/mol. The molecule has 4 rings (SSSR count). The number of hydrogen-bond donors (Lipinski definition) is 0. The van der Waals surface area contributed by atoms with E-state index in [0.717, 1.165) is 27.6 Å². The highest BCUT2D eigenvalue weighted by molar-refractivity contribution is 7.13. The summed E-state index contributed by atoms with van der Waals surface area (Å²) < 4.78 is 6.36. The van der Waals surface area contributed by atoms with Crippen molar-refractivity contribution in [3.05, 3.63) is 51.5 Å². The molecular formula is C20H24N2O2S. The van der Waals surface area contributed by atoms with Crippen LogP contribution in [-0.4, -0.2) is 35.0 Å². The first-order valence-corrected chi connectivity index (χ1v) is 9.93. The first-order chi connectivity index (χ1) is 12.2. The topological polar surface area (TPSA) is 42.4 Å². The molecule has 1 amide bonds. The maximum absolute atomic E-state index is 13.2. The standard InChI is InChI=1S/C20H24N2O2S/c1-3-18-21-13(2)19(25-18)20(23)22-11-16(14-7-5-4-6-8-14)24-17(12-22)15-9-10-15/h4-8,15-17H,3,9-12H2,1-2H3/t16-,17+/m0/s1. The zero-order valence-corrected chi connectivity index (χ0v) is 15.6. The lowest BCUT2D eigenvalue weighted by atomic mass is 10.0. The fourth-order valence-corrected chi connectivity index (χ4v) is 4.45. The van der Waals surface area contributed by atoms with Gasteiger partial charge in [0.05, 0.1) is 23.4 Å². The Morgan fingerprint density at radius 3 is 2.68 bits per heavy atom. The van der Waals surface area contributed by atoms with Gasteiger partial charge >= 0.3 is 0 Å². The number of aromatic nitrogens is 1. The van der Waals surface area contributed by atoms with Gasteiger partial charge in [0.25, 0.3) is 5.91 Å². The molecule has 25 heavy (non-hydrogen) atoms. The zero-order chi connectivity index (χ0) is 17.4. The molecule has 1 aromatic carbocycles. The Hall–Kier alpha value is -1.72. The van der Waals surface area contributed by atoms with Gasteiger partial charge in [-0.2, -0.15) is 0 Å². The minimum Gasteiger partial charge on any atom is -0.366 e. The summed E-state index contributed by atoms with van der Waals surface area (Å²) in [6.07, 6.45) is 3.42. The third-order valence-electron chi connectivity index (χ3n) is 5.07. The van der Waals surface area contributed by atoms with Crippen molar-refractivity contribution in [3.8, 4) is 0 Å². The van der Waals surface area contributed by atoms with Crippen molar-refractivity contribution in [2.45, 2.75) is 45.3 Å². The summed E-state index contributed by atoms with van der Waals surface area (Å²) in [5, 5.41) is 1.03. The van der Waals surface area contributed by atoms with Crippen LogP contribution in [0.25, 0.3) is 0 Å².